The molecule has 0 unspecified atom stereocenters. The molecule has 8 heteroatoms. The van der Waals surface area contributed by atoms with E-state index in [4.69, 9.17) is 11.6 Å². The molecule has 3 rings (SSSR count). The molecule has 0 saturated carbocycles. The summed E-state index contributed by atoms with van der Waals surface area (Å²) in [6, 6.07) is -0.371. The van der Waals surface area contributed by atoms with Gasteiger partial charge < -0.3 is 24.7 Å². The molecule has 0 saturated heterocycles. The Morgan fingerprint density at radius 1 is 1.42 bits per heavy atom. The van der Waals surface area contributed by atoms with E-state index in [0.29, 0.717) is 17.6 Å². The minimum absolute atomic E-state index is 0. The summed E-state index contributed by atoms with van der Waals surface area (Å²) in [5.41, 5.74) is 0.972. The number of imidazole rings is 1. The molecule has 1 radical (unpaired) electrons. The fourth-order valence-corrected chi connectivity index (χ4v) is 2.33. The molecule has 0 fully saturated rings. The fourth-order valence-electron chi connectivity index (χ4n) is 2.21. The van der Waals surface area contributed by atoms with E-state index >= 15 is 0 Å². The Morgan fingerprint density at radius 3 is 2.79 bits per heavy atom. The van der Waals surface area contributed by atoms with E-state index in [2.05, 4.69) is 21.1 Å². The molecule has 0 aliphatic heterocycles. The zero-order valence-electron chi connectivity index (χ0n) is 10.1. The van der Waals surface area contributed by atoms with Crippen LogP contribution in [0.15, 0.2) is 17.8 Å². The van der Waals surface area contributed by atoms with Crippen molar-refractivity contribution in [1.82, 2.24) is 19.5 Å². The molecular formula is C11H10ClN4O2Y-. The van der Waals surface area contributed by atoms with Gasteiger partial charge in [-0.3, -0.25) is 4.98 Å². The third-order valence-electron chi connectivity index (χ3n) is 3.18. The first-order chi connectivity index (χ1) is 8.58. The van der Waals surface area contributed by atoms with Crippen LogP contribution in [0, 0.1) is 12.1 Å². The van der Waals surface area contributed by atoms with Gasteiger partial charge in [-0.15, -0.1) is 11.6 Å². The monoisotopic (exact) mass is 354 g/mol. The first-order valence-electron chi connectivity index (χ1n) is 5.47. The molecule has 6 nitrogen and oxygen atoms in total. The fraction of sp³-hybridized carbons (Fsp3) is 0.364. The summed E-state index contributed by atoms with van der Waals surface area (Å²) in [6.07, 6.45) is 4.79. The van der Waals surface area contributed by atoms with Gasteiger partial charge in [0.25, 0.3) is 0 Å². The maximum absolute atomic E-state index is 9.92. The second-order valence-corrected chi connectivity index (χ2v) is 4.69. The van der Waals surface area contributed by atoms with Gasteiger partial charge in [0.1, 0.15) is 11.0 Å². The summed E-state index contributed by atoms with van der Waals surface area (Å²) in [4.78, 5) is 11.9. The van der Waals surface area contributed by atoms with Crippen molar-refractivity contribution in [2.45, 2.75) is 19.4 Å². The van der Waals surface area contributed by atoms with E-state index in [0.717, 1.165) is 0 Å². The molecule has 19 heavy (non-hydrogen) atoms. The molecule has 2 N–H and O–H groups in total. The van der Waals surface area contributed by atoms with Crippen LogP contribution >= 0.6 is 11.6 Å². The van der Waals surface area contributed by atoms with Gasteiger partial charge in [0.2, 0.25) is 0 Å². The first kappa shape index (κ1) is 14.7. The average Bonchev–Trinajstić information content (AvgIpc) is 2.86. The molecule has 2 heterocycles. The molecule has 0 spiro atoms. The third-order valence-corrected chi connectivity index (χ3v) is 3.35. The minimum atomic E-state index is -0.371. The quantitative estimate of drug-likeness (QED) is 0.606. The number of allylic oxidation sites excluding steroid dienone is 2. The Balaban J connectivity index is 0.00000133. The summed E-state index contributed by atoms with van der Waals surface area (Å²) in [7, 11) is 0. The molecule has 1 aliphatic rings. The molecule has 0 amide bonds. The molecule has 2 aromatic rings. The Kier molecular flexibility index (Phi) is 4.13. The predicted molar refractivity (Wildman–Crippen MR) is 64.3 cm³/mol. The number of aliphatic hydroxyl groups excluding tert-OH is 2. The summed E-state index contributed by atoms with van der Waals surface area (Å²) in [5, 5.41) is 19.7. The van der Waals surface area contributed by atoms with Gasteiger partial charge in [0, 0.05) is 49.8 Å². The minimum Gasteiger partial charge on any atom is -0.508 e. The molecule has 2 aromatic heterocycles. The normalized spacial score (nSPS) is 22.8. The van der Waals surface area contributed by atoms with Gasteiger partial charge in [-0.25, -0.2) is 0 Å². The molecule has 0 bridgehead atoms. The van der Waals surface area contributed by atoms with E-state index < -0.39 is 0 Å². The molecule has 1 aliphatic carbocycles. The Morgan fingerprint density at radius 2 is 2.16 bits per heavy atom. The first-order valence-corrected chi connectivity index (χ1v) is 5.85. The number of rotatable bonds is 1. The van der Waals surface area contributed by atoms with E-state index in [1.807, 2.05) is 6.92 Å². The smallest absolute Gasteiger partial charge is 0.152 e. The zero-order valence-corrected chi connectivity index (χ0v) is 13.7. The molecular weight excluding hydrogens is 345 g/mol. The summed E-state index contributed by atoms with van der Waals surface area (Å²) >= 11 is 5.73. The van der Waals surface area contributed by atoms with Crippen LogP contribution in [-0.2, 0) is 32.7 Å². The number of nitrogens with zero attached hydrogens (tertiary/aromatic N) is 4. The van der Waals surface area contributed by atoms with E-state index in [9.17, 15) is 10.2 Å². The van der Waals surface area contributed by atoms with Crippen LogP contribution in [0.1, 0.15) is 19.4 Å². The van der Waals surface area contributed by atoms with Crippen LogP contribution in [0.4, 0.5) is 0 Å². The van der Waals surface area contributed by atoms with Crippen molar-refractivity contribution in [3.05, 3.63) is 29.3 Å². The number of hydrogen-bond acceptors (Lipinski definition) is 5. The Hall–Kier alpha value is -0.716. The Labute approximate surface area is 139 Å². The van der Waals surface area contributed by atoms with Gasteiger partial charge in [-0.05, 0) is 12.6 Å². The van der Waals surface area contributed by atoms with Crippen LogP contribution in [0.25, 0.3) is 11.2 Å². The standard InChI is InChI=1S/C11H10ClN4O2.Y/c1-5-2-7(9(18)8(5)17)16-4-14-6-3-13-11(12)15-10(6)16;/h4-5,7,17-18H,2H2,1H3;/q-1;/t5-,7+;/m0./s1. The number of halogens is 1. The summed E-state index contributed by atoms with van der Waals surface area (Å²) in [5.74, 6) is -0.115. The third kappa shape index (κ3) is 2.37. The maximum atomic E-state index is 9.92. The van der Waals surface area contributed by atoms with E-state index in [1.54, 1.807) is 10.9 Å². The van der Waals surface area contributed by atoms with Crippen molar-refractivity contribution in [1.29, 1.82) is 0 Å². The van der Waals surface area contributed by atoms with Crippen molar-refractivity contribution < 1.29 is 42.9 Å². The van der Waals surface area contributed by atoms with Crippen LogP contribution in [0.3, 0.4) is 0 Å². The molecule has 97 valence electrons. The zero-order chi connectivity index (χ0) is 12.9. The van der Waals surface area contributed by atoms with Crippen molar-refractivity contribution in [3.63, 3.8) is 0 Å². The van der Waals surface area contributed by atoms with Crippen LogP contribution in [0.5, 0.6) is 0 Å². The van der Waals surface area contributed by atoms with Crippen LogP contribution in [-0.4, -0.2) is 29.7 Å². The Bertz CT molecular complexity index is 657. The van der Waals surface area contributed by atoms with Crippen molar-refractivity contribution in [3.8, 4) is 0 Å². The average molecular weight is 355 g/mol. The SMILES string of the molecule is C[C@H]1C[C@@H](n2cnc3[c-]nc(Cl)nc32)C(O)=C1O.[Y]. The van der Waals surface area contributed by atoms with Gasteiger partial charge in [-0.2, -0.15) is 0 Å². The van der Waals surface area contributed by atoms with Crippen molar-refractivity contribution in [2.75, 3.05) is 0 Å². The number of fused-ring (bicyclic) bond motifs is 1. The summed E-state index contributed by atoms with van der Waals surface area (Å²) < 4.78 is 1.68. The van der Waals surface area contributed by atoms with Crippen LogP contribution < -0.4 is 0 Å². The second kappa shape index (κ2) is 5.34. The van der Waals surface area contributed by atoms with Gasteiger partial charge in [0.15, 0.2) is 5.76 Å². The molecule has 2 atom stereocenters. The second-order valence-electron chi connectivity index (χ2n) is 4.35. The van der Waals surface area contributed by atoms with Crippen molar-refractivity contribution >= 4 is 22.8 Å². The van der Waals surface area contributed by atoms with Gasteiger partial charge in [0.05, 0.1) is 12.4 Å². The van der Waals surface area contributed by atoms with E-state index in [1.165, 1.54) is 0 Å². The predicted octanol–water partition coefficient (Wildman–Crippen LogP) is 2.19. The number of aliphatic hydroxyl groups is 2. The largest absolute Gasteiger partial charge is 0.508 e. The number of aromatic nitrogens is 4. The van der Waals surface area contributed by atoms with Gasteiger partial charge in [-0.1, -0.05) is 6.92 Å². The number of hydrogen-bond donors (Lipinski definition) is 2. The topological polar surface area (TPSA) is 84.1 Å². The van der Waals surface area contributed by atoms with Gasteiger partial charge >= 0.3 is 0 Å². The van der Waals surface area contributed by atoms with E-state index in [-0.39, 0.29) is 61.5 Å². The summed E-state index contributed by atoms with van der Waals surface area (Å²) in [6.45, 7) is 1.85. The van der Waals surface area contributed by atoms with Crippen molar-refractivity contribution in [2.24, 2.45) is 5.92 Å². The molecule has 0 aromatic carbocycles. The van der Waals surface area contributed by atoms with Crippen LogP contribution in [0.2, 0.25) is 5.28 Å². The maximum Gasteiger partial charge on any atom is 0.152 e.